The number of carbonyl (C=O) groups is 1. The predicted molar refractivity (Wildman–Crippen MR) is 67.7 cm³/mol. The van der Waals surface area contributed by atoms with Crippen molar-refractivity contribution >= 4 is 5.97 Å². The van der Waals surface area contributed by atoms with Crippen LogP contribution in [0, 0.1) is 6.92 Å². The number of fused-ring (bicyclic) bond motifs is 3. The largest absolute Gasteiger partial charge is 0.477 e. The molecule has 0 radical (unpaired) electrons. The Morgan fingerprint density at radius 3 is 2.89 bits per heavy atom. The van der Waals surface area contributed by atoms with Crippen LogP contribution in [0.2, 0.25) is 0 Å². The van der Waals surface area contributed by atoms with E-state index in [-0.39, 0.29) is 0 Å². The molecule has 0 saturated carbocycles. The summed E-state index contributed by atoms with van der Waals surface area (Å²) in [5.41, 5.74) is 5.57. The van der Waals surface area contributed by atoms with Crippen molar-refractivity contribution in [3.63, 3.8) is 0 Å². The summed E-state index contributed by atoms with van der Waals surface area (Å²) in [5.74, 6) is -0.901. The van der Waals surface area contributed by atoms with E-state index in [9.17, 15) is 9.90 Å². The van der Waals surface area contributed by atoms with Crippen molar-refractivity contribution in [2.75, 3.05) is 0 Å². The number of carboxylic acid groups (broad SMARTS) is 1. The first kappa shape index (κ1) is 11.0. The highest BCUT2D eigenvalue weighted by Gasteiger charge is 2.26. The highest BCUT2D eigenvalue weighted by Crippen LogP contribution is 2.34. The zero-order valence-electron chi connectivity index (χ0n) is 10.4. The Hall–Kier alpha value is -2.10. The quantitative estimate of drug-likeness (QED) is 0.834. The second-order valence-electron chi connectivity index (χ2n) is 4.77. The Labute approximate surface area is 105 Å². The fourth-order valence-electron chi connectivity index (χ4n) is 2.71. The third-order valence-electron chi connectivity index (χ3n) is 3.51. The molecule has 1 aliphatic carbocycles. The Bertz CT molecular complexity index is 656. The van der Waals surface area contributed by atoms with Gasteiger partial charge in [0, 0.05) is 18.2 Å². The van der Waals surface area contributed by atoms with Crippen LogP contribution in [-0.4, -0.2) is 20.9 Å². The molecule has 1 N–H and O–H groups in total. The minimum absolute atomic E-state index is 0.316. The smallest absolute Gasteiger partial charge is 0.354 e. The molecule has 0 saturated heterocycles. The molecule has 1 heterocycles. The van der Waals surface area contributed by atoms with Crippen molar-refractivity contribution in [3.05, 3.63) is 40.6 Å². The van der Waals surface area contributed by atoms with E-state index in [2.05, 4.69) is 18.1 Å². The van der Waals surface area contributed by atoms with Gasteiger partial charge in [0.05, 0.1) is 5.69 Å². The Morgan fingerprint density at radius 2 is 2.17 bits per heavy atom. The van der Waals surface area contributed by atoms with Crippen LogP contribution < -0.4 is 0 Å². The molecule has 0 atom stereocenters. The molecule has 92 valence electrons. The van der Waals surface area contributed by atoms with E-state index in [4.69, 9.17) is 0 Å². The molecule has 0 bridgehead atoms. The summed E-state index contributed by atoms with van der Waals surface area (Å²) in [4.78, 5) is 11.3. The SMILES string of the molecule is Cc1ccc2c(c1)CCc1c-2nn(C)c1C(=O)O. The van der Waals surface area contributed by atoms with Gasteiger partial charge in [-0.3, -0.25) is 4.68 Å². The fraction of sp³-hybridized carbons (Fsp3) is 0.286. The van der Waals surface area contributed by atoms with Gasteiger partial charge in [-0.05, 0) is 25.3 Å². The zero-order valence-corrected chi connectivity index (χ0v) is 10.4. The van der Waals surface area contributed by atoms with Crippen LogP contribution in [-0.2, 0) is 19.9 Å². The van der Waals surface area contributed by atoms with Crippen LogP contribution in [0.1, 0.15) is 27.2 Å². The van der Waals surface area contributed by atoms with Gasteiger partial charge in [-0.2, -0.15) is 5.10 Å². The minimum atomic E-state index is -0.901. The lowest BCUT2D eigenvalue weighted by Crippen LogP contribution is -2.10. The van der Waals surface area contributed by atoms with Gasteiger partial charge in [0.1, 0.15) is 5.69 Å². The summed E-state index contributed by atoms with van der Waals surface area (Å²) in [7, 11) is 1.69. The monoisotopic (exact) mass is 242 g/mol. The van der Waals surface area contributed by atoms with Crippen LogP contribution in [0.15, 0.2) is 18.2 Å². The van der Waals surface area contributed by atoms with E-state index in [1.807, 2.05) is 12.1 Å². The first-order valence-corrected chi connectivity index (χ1v) is 5.97. The molecule has 0 unspecified atom stereocenters. The van der Waals surface area contributed by atoms with Crippen LogP contribution in [0.3, 0.4) is 0 Å². The molecule has 1 aromatic carbocycles. The van der Waals surface area contributed by atoms with Gasteiger partial charge >= 0.3 is 5.97 Å². The van der Waals surface area contributed by atoms with Gasteiger partial charge in [-0.15, -0.1) is 0 Å². The summed E-state index contributed by atoms with van der Waals surface area (Å²) in [6.07, 6.45) is 1.64. The highest BCUT2D eigenvalue weighted by atomic mass is 16.4. The minimum Gasteiger partial charge on any atom is -0.477 e. The molecule has 4 nitrogen and oxygen atoms in total. The van der Waals surface area contributed by atoms with E-state index in [1.165, 1.54) is 15.8 Å². The average molecular weight is 242 g/mol. The van der Waals surface area contributed by atoms with Crippen molar-refractivity contribution in [1.29, 1.82) is 0 Å². The molecular weight excluding hydrogens is 228 g/mol. The van der Waals surface area contributed by atoms with Crippen LogP contribution in [0.25, 0.3) is 11.3 Å². The molecule has 3 rings (SSSR count). The first-order chi connectivity index (χ1) is 8.58. The standard InChI is InChI=1S/C14H14N2O2/c1-8-3-5-10-9(7-8)4-6-11-12(10)15-16(2)13(11)14(17)18/h3,5,7H,4,6H2,1-2H3,(H,17,18). The molecule has 0 spiro atoms. The van der Waals surface area contributed by atoms with Gasteiger partial charge in [-0.25, -0.2) is 4.79 Å². The maximum Gasteiger partial charge on any atom is 0.354 e. The van der Waals surface area contributed by atoms with Crippen molar-refractivity contribution in [3.8, 4) is 11.3 Å². The van der Waals surface area contributed by atoms with E-state index in [0.29, 0.717) is 5.69 Å². The second kappa shape index (κ2) is 3.70. The summed E-state index contributed by atoms with van der Waals surface area (Å²) in [6.45, 7) is 2.07. The summed E-state index contributed by atoms with van der Waals surface area (Å²) in [6, 6.07) is 6.25. The van der Waals surface area contributed by atoms with Crippen LogP contribution in [0.4, 0.5) is 0 Å². The first-order valence-electron chi connectivity index (χ1n) is 5.97. The van der Waals surface area contributed by atoms with Crippen LogP contribution in [0.5, 0.6) is 0 Å². The molecule has 0 aliphatic heterocycles. The normalized spacial score (nSPS) is 13.0. The Balaban J connectivity index is 2.26. The van der Waals surface area contributed by atoms with Gasteiger partial charge < -0.3 is 5.11 Å². The maximum absolute atomic E-state index is 11.3. The van der Waals surface area contributed by atoms with E-state index < -0.39 is 5.97 Å². The lowest BCUT2D eigenvalue weighted by molar-refractivity contribution is 0.0683. The number of hydrogen-bond donors (Lipinski definition) is 1. The van der Waals surface area contributed by atoms with Gasteiger partial charge in [0.2, 0.25) is 0 Å². The lowest BCUT2D eigenvalue weighted by Gasteiger charge is -2.15. The average Bonchev–Trinajstić information content (AvgIpc) is 2.64. The number of aromatic carboxylic acids is 1. The Kier molecular flexibility index (Phi) is 2.26. The number of nitrogens with zero attached hydrogens (tertiary/aromatic N) is 2. The van der Waals surface area contributed by atoms with Crippen molar-refractivity contribution in [2.24, 2.45) is 7.05 Å². The molecule has 0 amide bonds. The van der Waals surface area contributed by atoms with E-state index in [0.717, 1.165) is 29.7 Å². The number of hydrogen-bond acceptors (Lipinski definition) is 2. The molecular formula is C14H14N2O2. The predicted octanol–water partition coefficient (Wildman–Crippen LogP) is 2.19. The van der Waals surface area contributed by atoms with Gasteiger partial charge in [-0.1, -0.05) is 23.8 Å². The number of benzene rings is 1. The van der Waals surface area contributed by atoms with Gasteiger partial charge in [0.25, 0.3) is 0 Å². The molecule has 1 aliphatic rings. The molecule has 1 aromatic heterocycles. The van der Waals surface area contributed by atoms with E-state index in [1.54, 1.807) is 7.05 Å². The zero-order chi connectivity index (χ0) is 12.9. The number of aryl methyl sites for hydroxylation is 3. The molecule has 2 aromatic rings. The molecule has 4 heteroatoms. The van der Waals surface area contributed by atoms with Gasteiger partial charge in [0.15, 0.2) is 0 Å². The summed E-state index contributed by atoms with van der Waals surface area (Å²) < 4.78 is 1.47. The number of carboxylic acids is 1. The molecule has 18 heavy (non-hydrogen) atoms. The summed E-state index contributed by atoms with van der Waals surface area (Å²) in [5, 5.41) is 13.6. The van der Waals surface area contributed by atoms with E-state index >= 15 is 0 Å². The maximum atomic E-state index is 11.3. The number of rotatable bonds is 1. The molecule has 0 fully saturated rings. The van der Waals surface area contributed by atoms with Crippen molar-refractivity contribution in [2.45, 2.75) is 19.8 Å². The van der Waals surface area contributed by atoms with Crippen molar-refractivity contribution in [1.82, 2.24) is 9.78 Å². The third-order valence-corrected chi connectivity index (χ3v) is 3.51. The third kappa shape index (κ3) is 1.45. The Morgan fingerprint density at radius 1 is 1.39 bits per heavy atom. The fourth-order valence-corrected chi connectivity index (χ4v) is 2.71. The van der Waals surface area contributed by atoms with Crippen molar-refractivity contribution < 1.29 is 9.90 Å². The number of aromatic nitrogens is 2. The summed E-state index contributed by atoms with van der Waals surface area (Å²) >= 11 is 0. The lowest BCUT2D eigenvalue weighted by atomic mass is 9.88. The van der Waals surface area contributed by atoms with Crippen LogP contribution >= 0.6 is 0 Å². The highest BCUT2D eigenvalue weighted by molar-refractivity contribution is 5.90. The topological polar surface area (TPSA) is 55.1 Å². The second-order valence-corrected chi connectivity index (χ2v) is 4.77.